The van der Waals surface area contributed by atoms with Gasteiger partial charge in [-0.2, -0.15) is 0 Å². The Hall–Kier alpha value is -2.19. The minimum Gasteiger partial charge on any atom is -0.379 e. The van der Waals surface area contributed by atoms with Crippen LogP contribution in [0.2, 0.25) is 0 Å². The fourth-order valence-electron chi connectivity index (χ4n) is 4.30. The van der Waals surface area contributed by atoms with Crippen LogP contribution < -0.4 is 10.2 Å². The molecule has 2 saturated heterocycles. The molecule has 178 valence electrons. The van der Waals surface area contributed by atoms with Gasteiger partial charge in [-0.05, 0) is 58.3 Å². The molecule has 0 spiro atoms. The van der Waals surface area contributed by atoms with Crippen LogP contribution in [0.25, 0.3) is 0 Å². The zero-order chi connectivity index (χ0) is 22.9. The standard InChI is InChI=1S/C24H37FN4O3/c1-19(2)32-17-5-10-26-24(31)20-8-11-27(12-9-20)18-23(30)29-15-13-28(14-16-29)22-7-4-3-6-21(22)25/h3-4,6-7,19-20H,5,8-18H2,1-2H3,(H,26,31). The van der Waals surface area contributed by atoms with Crippen molar-refractivity contribution in [2.45, 2.75) is 39.2 Å². The van der Waals surface area contributed by atoms with Crippen LogP contribution in [-0.4, -0.2) is 86.7 Å². The molecule has 2 amide bonds. The number of carbonyl (C=O) groups excluding carboxylic acids is 2. The molecule has 2 heterocycles. The fourth-order valence-corrected chi connectivity index (χ4v) is 4.30. The van der Waals surface area contributed by atoms with Gasteiger partial charge in [0.25, 0.3) is 0 Å². The highest BCUT2D eigenvalue weighted by molar-refractivity contribution is 5.79. The van der Waals surface area contributed by atoms with Gasteiger partial charge in [0.1, 0.15) is 5.82 Å². The number of ether oxygens (including phenoxy) is 1. The summed E-state index contributed by atoms with van der Waals surface area (Å²) in [6, 6.07) is 6.78. The lowest BCUT2D eigenvalue weighted by atomic mass is 9.96. The Labute approximate surface area is 190 Å². The topological polar surface area (TPSA) is 65.1 Å². The first-order valence-corrected chi connectivity index (χ1v) is 11.8. The molecule has 1 aromatic carbocycles. The number of hydrogen-bond donors (Lipinski definition) is 1. The number of piperidine rings is 1. The average Bonchev–Trinajstić information content (AvgIpc) is 2.79. The van der Waals surface area contributed by atoms with Crippen LogP contribution in [0.5, 0.6) is 0 Å². The first kappa shape index (κ1) is 24.5. The SMILES string of the molecule is CC(C)OCCCNC(=O)C1CCN(CC(=O)N2CCN(c3ccccc3F)CC2)CC1. The summed E-state index contributed by atoms with van der Waals surface area (Å²) in [5.74, 6) is 0.0378. The molecule has 2 fully saturated rings. The molecule has 0 aliphatic carbocycles. The van der Waals surface area contributed by atoms with Crippen molar-refractivity contribution in [3.05, 3.63) is 30.1 Å². The number of hydrogen-bond acceptors (Lipinski definition) is 5. The Morgan fingerprint density at radius 3 is 2.44 bits per heavy atom. The molecule has 0 atom stereocenters. The Morgan fingerprint density at radius 2 is 1.78 bits per heavy atom. The minimum atomic E-state index is -0.219. The molecule has 2 aliphatic rings. The molecular formula is C24H37FN4O3. The van der Waals surface area contributed by atoms with Gasteiger partial charge in [-0.3, -0.25) is 14.5 Å². The zero-order valence-electron chi connectivity index (χ0n) is 19.4. The van der Waals surface area contributed by atoms with Crippen LogP contribution in [-0.2, 0) is 14.3 Å². The third kappa shape index (κ3) is 7.17. The van der Waals surface area contributed by atoms with Crippen molar-refractivity contribution in [1.82, 2.24) is 15.1 Å². The van der Waals surface area contributed by atoms with E-state index in [-0.39, 0.29) is 29.7 Å². The predicted molar refractivity (Wildman–Crippen MR) is 123 cm³/mol. The number of nitrogens with zero attached hydrogens (tertiary/aromatic N) is 3. The Bertz CT molecular complexity index is 745. The summed E-state index contributed by atoms with van der Waals surface area (Å²) in [6.07, 6.45) is 2.60. The third-order valence-corrected chi connectivity index (χ3v) is 6.21. The van der Waals surface area contributed by atoms with Gasteiger partial charge < -0.3 is 19.9 Å². The van der Waals surface area contributed by atoms with Crippen LogP contribution in [0.4, 0.5) is 10.1 Å². The van der Waals surface area contributed by atoms with Crippen molar-refractivity contribution in [3.8, 4) is 0 Å². The number of rotatable bonds is 9. The average molecular weight is 449 g/mol. The molecule has 1 aromatic rings. The second kappa shape index (κ2) is 12.2. The van der Waals surface area contributed by atoms with Crippen LogP contribution in [0.1, 0.15) is 33.1 Å². The number of benzene rings is 1. The van der Waals surface area contributed by atoms with E-state index in [9.17, 15) is 14.0 Å². The Morgan fingerprint density at radius 1 is 1.09 bits per heavy atom. The molecule has 3 rings (SSSR count). The second-order valence-electron chi connectivity index (χ2n) is 8.93. The van der Waals surface area contributed by atoms with E-state index in [0.717, 1.165) is 32.4 Å². The van der Waals surface area contributed by atoms with Crippen molar-refractivity contribution in [2.24, 2.45) is 5.92 Å². The summed E-state index contributed by atoms with van der Waals surface area (Å²) in [4.78, 5) is 31.1. The Balaban J connectivity index is 1.32. The van der Waals surface area contributed by atoms with Gasteiger partial charge in [0.05, 0.1) is 18.3 Å². The summed E-state index contributed by atoms with van der Waals surface area (Å²) in [6.45, 7) is 9.70. The molecule has 0 saturated carbocycles. The van der Waals surface area contributed by atoms with E-state index in [4.69, 9.17) is 4.74 Å². The van der Waals surface area contributed by atoms with E-state index in [1.165, 1.54) is 6.07 Å². The van der Waals surface area contributed by atoms with Gasteiger partial charge in [0, 0.05) is 45.2 Å². The molecule has 0 aromatic heterocycles. The van der Waals surface area contributed by atoms with Crippen molar-refractivity contribution in [1.29, 1.82) is 0 Å². The molecule has 8 heteroatoms. The quantitative estimate of drug-likeness (QED) is 0.587. The number of nitrogens with one attached hydrogen (secondary N) is 1. The van der Waals surface area contributed by atoms with Crippen molar-refractivity contribution in [2.75, 3.05) is 63.9 Å². The number of piperazine rings is 1. The number of likely N-dealkylation sites (tertiary alicyclic amines) is 1. The highest BCUT2D eigenvalue weighted by Crippen LogP contribution is 2.21. The lowest BCUT2D eigenvalue weighted by molar-refractivity contribution is -0.133. The molecule has 7 nitrogen and oxygen atoms in total. The van der Waals surface area contributed by atoms with E-state index < -0.39 is 0 Å². The van der Waals surface area contributed by atoms with Crippen molar-refractivity contribution in [3.63, 3.8) is 0 Å². The third-order valence-electron chi connectivity index (χ3n) is 6.21. The maximum Gasteiger partial charge on any atom is 0.236 e. The smallest absolute Gasteiger partial charge is 0.236 e. The van der Waals surface area contributed by atoms with Crippen molar-refractivity contribution < 1.29 is 18.7 Å². The van der Waals surface area contributed by atoms with E-state index in [2.05, 4.69) is 10.2 Å². The number of anilines is 1. The number of carbonyl (C=O) groups is 2. The van der Waals surface area contributed by atoms with E-state index in [1.54, 1.807) is 12.1 Å². The zero-order valence-corrected chi connectivity index (χ0v) is 19.4. The lowest BCUT2D eigenvalue weighted by Gasteiger charge is -2.38. The molecule has 0 unspecified atom stereocenters. The van der Waals surface area contributed by atoms with E-state index in [0.29, 0.717) is 51.6 Å². The summed E-state index contributed by atoms with van der Waals surface area (Å²) in [7, 11) is 0. The van der Waals surface area contributed by atoms with Gasteiger partial charge in [0.2, 0.25) is 11.8 Å². The molecule has 32 heavy (non-hydrogen) atoms. The van der Waals surface area contributed by atoms with Gasteiger partial charge in [-0.15, -0.1) is 0 Å². The predicted octanol–water partition coefficient (Wildman–Crippen LogP) is 2.12. The van der Waals surface area contributed by atoms with E-state index in [1.807, 2.05) is 29.7 Å². The summed E-state index contributed by atoms with van der Waals surface area (Å²) >= 11 is 0. The number of amides is 2. The second-order valence-corrected chi connectivity index (χ2v) is 8.93. The highest BCUT2D eigenvalue weighted by atomic mass is 19.1. The molecule has 2 aliphatic heterocycles. The van der Waals surface area contributed by atoms with Crippen LogP contribution >= 0.6 is 0 Å². The van der Waals surface area contributed by atoms with Crippen LogP contribution in [0, 0.1) is 11.7 Å². The van der Waals surface area contributed by atoms with Crippen LogP contribution in [0.15, 0.2) is 24.3 Å². The maximum atomic E-state index is 14.0. The highest BCUT2D eigenvalue weighted by Gasteiger charge is 2.28. The monoisotopic (exact) mass is 448 g/mol. The fraction of sp³-hybridized carbons (Fsp3) is 0.667. The van der Waals surface area contributed by atoms with Crippen molar-refractivity contribution >= 4 is 17.5 Å². The van der Waals surface area contributed by atoms with Gasteiger partial charge in [0.15, 0.2) is 0 Å². The summed E-state index contributed by atoms with van der Waals surface area (Å²) in [5.41, 5.74) is 0.604. The normalized spacial score (nSPS) is 18.2. The first-order chi connectivity index (χ1) is 15.4. The molecule has 0 radical (unpaired) electrons. The minimum absolute atomic E-state index is 0.0247. The van der Waals surface area contributed by atoms with Gasteiger partial charge in [-0.1, -0.05) is 12.1 Å². The summed E-state index contributed by atoms with van der Waals surface area (Å²) < 4.78 is 19.5. The van der Waals surface area contributed by atoms with Gasteiger partial charge >= 0.3 is 0 Å². The number of para-hydroxylation sites is 1. The largest absolute Gasteiger partial charge is 0.379 e. The van der Waals surface area contributed by atoms with Gasteiger partial charge in [-0.25, -0.2) is 4.39 Å². The number of halogens is 1. The molecule has 0 bridgehead atoms. The van der Waals surface area contributed by atoms with Crippen LogP contribution in [0.3, 0.4) is 0 Å². The Kier molecular flexibility index (Phi) is 9.29. The molecule has 1 N–H and O–H groups in total. The maximum absolute atomic E-state index is 14.0. The molecular weight excluding hydrogens is 411 g/mol. The van der Waals surface area contributed by atoms with E-state index >= 15 is 0 Å². The lowest BCUT2D eigenvalue weighted by Crippen LogP contribution is -2.52. The summed E-state index contributed by atoms with van der Waals surface area (Å²) in [5, 5.41) is 3.01. The first-order valence-electron chi connectivity index (χ1n) is 11.8.